The van der Waals surface area contributed by atoms with E-state index in [0.29, 0.717) is 5.41 Å². The fourth-order valence-electron chi connectivity index (χ4n) is 1.85. The van der Waals surface area contributed by atoms with Crippen LogP contribution in [-0.4, -0.2) is 12.8 Å². The van der Waals surface area contributed by atoms with Gasteiger partial charge in [-0.15, -0.1) is 11.8 Å². The largest absolute Gasteiger partial charge is 0.330 e. The van der Waals surface area contributed by atoms with Gasteiger partial charge in [-0.3, -0.25) is 0 Å². The lowest BCUT2D eigenvalue weighted by Gasteiger charge is -2.12. The molecule has 76 valence electrons. The highest BCUT2D eigenvalue weighted by molar-refractivity contribution is 7.98. The molecule has 1 fully saturated rings. The summed E-state index contributed by atoms with van der Waals surface area (Å²) < 4.78 is 0. The van der Waals surface area contributed by atoms with E-state index in [1.165, 1.54) is 23.3 Å². The molecule has 0 unspecified atom stereocenters. The van der Waals surface area contributed by atoms with E-state index in [0.717, 1.165) is 13.0 Å². The highest BCUT2D eigenvalue weighted by Crippen LogP contribution is 2.47. The molecular formula is C12H17NS. The SMILES string of the molecule is CSc1cccc(CC2(CN)CC2)c1. The first-order valence-electron chi connectivity index (χ1n) is 5.11. The van der Waals surface area contributed by atoms with E-state index in [9.17, 15) is 0 Å². The van der Waals surface area contributed by atoms with Crippen molar-refractivity contribution in [3.05, 3.63) is 29.8 Å². The van der Waals surface area contributed by atoms with E-state index in [1.807, 2.05) is 0 Å². The quantitative estimate of drug-likeness (QED) is 0.768. The van der Waals surface area contributed by atoms with Crippen LogP contribution < -0.4 is 5.73 Å². The van der Waals surface area contributed by atoms with Gasteiger partial charge in [0, 0.05) is 4.90 Å². The third-order valence-electron chi connectivity index (χ3n) is 3.10. The van der Waals surface area contributed by atoms with Gasteiger partial charge in [-0.1, -0.05) is 12.1 Å². The fourth-order valence-corrected chi connectivity index (χ4v) is 2.33. The van der Waals surface area contributed by atoms with Gasteiger partial charge < -0.3 is 5.73 Å². The Morgan fingerprint density at radius 3 is 2.79 bits per heavy atom. The first-order valence-corrected chi connectivity index (χ1v) is 6.33. The highest BCUT2D eigenvalue weighted by atomic mass is 32.2. The fraction of sp³-hybridized carbons (Fsp3) is 0.500. The molecule has 0 bridgehead atoms. The van der Waals surface area contributed by atoms with Crippen LogP contribution in [0.5, 0.6) is 0 Å². The molecular weight excluding hydrogens is 190 g/mol. The summed E-state index contributed by atoms with van der Waals surface area (Å²) >= 11 is 1.81. The smallest absolute Gasteiger partial charge is 0.00718 e. The van der Waals surface area contributed by atoms with Gasteiger partial charge in [0.15, 0.2) is 0 Å². The van der Waals surface area contributed by atoms with Crippen LogP contribution in [0.2, 0.25) is 0 Å². The molecule has 0 aliphatic heterocycles. The van der Waals surface area contributed by atoms with E-state index in [-0.39, 0.29) is 0 Å². The Morgan fingerprint density at radius 2 is 2.21 bits per heavy atom. The molecule has 1 nitrogen and oxygen atoms in total. The van der Waals surface area contributed by atoms with Crippen molar-refractivity contribution in [3.63, 3.8) is 0 Å². The van der Waals surface area contributed by atoms with Gasteiger partial charge in [0.05, 0.1) is 0 Å². The summed E-state index contributed by atoms with van der Waals surface area (Å²) in [6, 6.07) is 8.82. The molecule has 0 atom stereocenters. The van der Waals surface area contributed by atoms with Crippen molar-refractivity contribution in [2.45, 2.75) is 24.2 Å². The Bertz CT molecular complexity index is 318. The molecule has 14 heavy (non-hydrogen) atoms. The van der Waals surface area contributed by atoms with Crippen LogP contribution in [0.15, 0.2) is 29.2 Å². The third-order valence-corrected chi connectivity index (χ3v) is 3.83. The van der Waals surface area contributed by atoms with E-state index in [2.05, 4.69) is 30.5 Å². The Balaban J connectivity index is 2.09. The first-order chi connectivity index (χ1) is 6.78. The van der Waals surface area contributed by atoms with Crippen molar-refractivity contribution < 1.29 is 0 Å². The zero-order chi connectivity index (χ0) is 10.0. The van der Waals surface area contributed by atoms with Crippen molar-refractivity contribution >= 4 is 11.8 Å². The van der Waals surface area contributed by atoms with E-state index in [1.54, 1.807) is 11.8 Å². The summed E-state index contributed by atoms with van der Waals surface area (Å²) in [5, 5.41) is 0. The lowest BCUT2D eigenvalue weighted by atomic mass is 9.97. The number of hydrogen-bond acceptors (Lipinski definition) is 2. The van der Waals surface area contributed by atoms with Crippen LogP contribution in [0, 0.1) is 5.41 Å². The van der Waals surface area contributed by atoms with Gasteiger partial charge >= 0.3 is 0 Å². The molecule has 1 aliphatic carbocycles. The maximum atomic E-state index is 5.78. The molecule has 2 rings (SSSR count). The maximum absolute atomic E-state index is 5.78. The number of hydrogen-bond donors (Lipinski definition) is 1. The molecule has 2 N–H and O–H groups in total. The second-order valence-electron chi connectivity index (χ2n) is 4.23. The molecule has 0 amide bonds. The molecule has 0 spiro atoms. The van der Waals surface area contributed by atoms with E-state index >= 15 is 0 Å². The summed E-state index contributed by atoms with van der Waals surface area (Å²) in [5.74, 6) is 0. The Labute approximate surface area is 90.1 Å². The molecule has 2 heteroatoms. The summed E-state index contributed by atoms with van der Waals surface area (Å²) in [7, 11) is 0. The number of nitrogens with two attached hydrogens (primary N) is 1. The minimum atomic E-state index is 0.455. The van der Waals surface area contributed by atoms with Crippen LogP contribution in [0.3, 0.4) is 0 Å². The predicted molar refractivity (Wildman–Crippen MR) is 62.6 cm³/mol. The zero-order valence-electron chi connectivity index (χ0n) is 8.62. The van der Waals surface area contributed by atoms with Gasteiger partial charge in [0.2, 0.25) is 0 Å². The second kappa shape index (κ2) is 3.95. The molecule has 1 aliphatic rings. The average Bonchev–Trinajstić information content (AvgIpc) is 2.99. The lowest BCUT2D eigenvalue weighted by molar-refractivity contribution is 0.520. The average molecular weight is 207 g/mol. The van der Waals surface area contributed by atoms with E-state index in [4.69, 9.17) is 5.73 Å². The van der Waals surface area contributed by atoms with Crippen LogP contribution in [0.4, 0.5) is 0 Å². The lowest BCUT2D eigenvalue weighted by Crippen LogP contribution is -2.17. The molecule has 1 saturated carbocycles. The van der Waals surface area contributed by atoms with Crippen molar-refractivity contribution in [2.75, 3.05) is 12.8 Å². The van der Waals surface area contributed by atoms with Gasteiger partial charge in [-0.25, -0.2) is 0 Å². The highest BCUT2D eigenvalue weighted by Gasteiger charge is 2.40. The van der Waals surface area contributed by atoms with Gasteiger partial charge in [0.25, 0.3) is 0 Å². The standard InChI is InChI=1S/C12H17NS/c1-14-11-4-2-3-10(7-11)8-12(9-13)5-6-12/h2-4,7H,5-6,8-9,13H2,1H3. The van der Waals surface area contributed by atoms with E-state index < -0.39 is 0 Å². The Morgan fingerprint density at radius 1 is 1.43 bits per heavy atom. The van der Waals surface area contributed by atoms with Gasteiger partial charge in [-0.05, 0) is 55.2 Å². The minimum absolute atomic E-state index is 0.455. The molecule has 1 aromatic rings. The number of rotatable bonds is 4. The predicted octanol–water partition coefficient (Wildman–Crippen LogP) is 2.69. The van der Waals surface area contributed by atoms with Gasteiger partial charge in [0.1, 0.15) is 0 Å². The zero-order valence-corrected chi connectivity index (χ0v) is 9.44. The van der Waals surface area contributed by atoms with Gasteiger partial charge in [-0.2, -0.15) is 0 Å². The second-order valence-corrected chi connectivity index (χ2v) is 5.11. The summed E-state index contributed by atoms with van der Waals surface area (Å²) in [4.78, 5) is 1.36. The van der Waals surface area contributed by atoms with Crippen LogP contribution in [0.1, 0.15) is 18.4 Å². The molecule has 0 radical (unpaired) electrons. The molecule has 1 aromatic carbocycles. The Hall–Kier alpha value is -0.470. The summed E-state index contributed by atoms with van der Waals surface area (Å²) in [5.41, 5.74) is 7.68. The topological polar surface area (TPSA) is 26.0 Å². The van der Waals surface area contributed by atoms with Crippen molar-refractivity contribution in [1.82, 2.24) is 0 Å². The first kappa shape index (κ1) is 10.1. The summed E-state index contributed by atoms with van der Waals surface area (Å²) in [6.45, 7) is 0.844. The third kappa shape index (κ3) is 2.12. The summed E-state index contributed by atoms with van der Waals surface area (Å²) in [6.07, 6.45) is 5.91. The van der Waals surface area contributed by atoms with Crippen molar-refractivity contribution in [2.24, 2.45) is 11.1 Å². The monoisotopic (exact) mass is 207 g/mol. The van der Waals surface area contributed by atoms with Crippen LogP contribution >= 0.6 is 11.8 Å². The van der Waals surface area contributed by atoms with Crippen molar-refractivity contribution in [1.29, 1.82) is 0 Å². The van der Waals surface area contributed by atoms with Crippen LogP contribution in [-0.2, 0) is 6.42 Å². The van der Waals surface area contributed by atoms with Crippen LogP contribution in [0.25, 0.3) is 0 Å². The maximum Gasteiger partial charge on any atom is 0.00718 e. The minimum Gasteiger partial charge on any atom is -0.330 e. The molecule has 0 saturated heterocycles. The molecule has 0 heterocycles. The number of benzene rings is 1. The Kier molecular flexibility index (Phi) is 2.84. The number of thioether (sulfide) groups is 1. The normalized spacial score (nSPS) is 18.1. The van der Waals surface area contributed by atoms with Crippen molar-refractivity contribution in [3.8, 4) is 0 Å². The molecule has 0 aromatic heterocycles.